The summed E-state index contributed by atoms with van der Waals surface area (Å²) in [4.78, 5) is 8.49. The lowest BCUT2D eigenvalue weighted by molar-refractivity contribution is 0.195. The highest BCUT2D eigenvalue weighted by atomic mass is 35.5. The Morgan fingerprint density at radius 1 is 1.15 bits per heavy atom. The quantitative estimate of drug-likeness (QED) is 0.728. The summed E-state index contributed by atoms with van der Waals surface area (Å²) in [6.45, 7) is 1.85. The number of benzene rings is 1. The molecule has 2 aromatic heterocycles. The van der Waals surface area contributed by atoms with E-state index >= 15 is 0 Å². The summed E-state index contributed by atoms with van der Waals surface area (Å²) in [7, 11) is 0. The van der Waals surface area contributed by atoms with E-state index in [4.69, 9.17) is 11.6 Å². The molecule has 0 unspecified atom stereocenters. The smallest absolute Gasteiger partial charge is 0.176 e. The zero-order valence-electron chi connectivity index (χ0n) is 10.8. The number of nitrogens with zero attached hydrogens (tertiary/aromatic N) is 3. The standard InChI is InChI=1S/C15H12ClN3O/c1-10-14(12-5-3-7-17-9-12)19(20)15(18-10)11-4-2-6-13(16)8-11/h2-9,20H,1H3. The minimum Gasteiger partial charge on any atom is -0.426 e. The highest BCUT2D eigenvalue weighted by Crippen LogP contribution is 2.29. The maximum Gasteiger partial charge on any atom is 0.176 e. The second-order valence-electron chi connectivity index (χ2n) is 4.43. The van der Waals surface area contributed by atoms with Crippen molar-refractivity contribution in [1.82, 2.24) is 14.7 Å². The number of aromatic nitrogens is 3. The molecule has 0 atom stereocenters. The van der Waals surface area contributed by atoms with Gasteiger partial charge in [0.1, 0.15) is 5.69 Å². The van der Waals surface area contributed by atoms with Gasteiger partial charge in [-0.15, -0.1) is 0 Å². The van der Waals surface area contributed by atoms with Gasteiger partial charge in [0.05, 0.1) is 5.69 Å². The molecular weight excluding hydrogens is 274 g/mol. The first-order valence-corrected chi connectivity index (χ1v) is 6.49. The third-order valence-corrected chi connectivity index (χ3v) is 3.28. The number of imidazole rings is 1. The molecule has 0 saturated carbocycles. The van der Waals surface area contributed by atoms with Gasteiger partial charge in [0.2, 0.25) is 0 Å². The van der Waals surface area contributed by atoms with Crippen LogP contribution in [0.1, 0.15) is 5.69 Å². The Morgan fingerprint density at radius 2 is 1.95 bits per heavy atom. The van der Waals surface area contributed by atoms with E-state index in [1.807, 2.05) is 31.2 Å². The van der Waals surface area contributed by atoms with Gasteiger partial charge in [-0.25, -0.2) is 4.98 Å². The van der Waals surface area contributed by atoms with Crippen molar-refractivity contribution in [3.63, 3.8) is 0 Å². The lowest BCUT2D eigenvalue weighted by Crippen LogP contribution is -1.97. The second-order valence-corrected chi connectivity index (χ2v) is 4.87. The summed E-state index contributed by atoms with van der Waals surface area (Å²) in [6, 6.07) is 10.9. The molecule has 1 N–H and O–H groups in total. The first-order valence-electron chi connectivity index (χ1n) is 6.12. The van der Waals surface area contributed by atoms with E-state index in [9.17, 15) is 5.21 Å². The van der Waals surface area contributed by atoms with E-state index in [2.05, 4.69) is 9.97 Å². The number of pyridine rings is 1. The fraction of sp³-hybridized carbons (Fsp3) is 0.0667. The lowest BCUT2D eigenvalue weighted by atomic mass is 10.2. The lowest BCUT2D eigenvalue weighted by Gasteiger charge is -2.05. The average Bonchev–Trinajstić information content (AvgIpc) is 2.75. The minimum absolute atomic E-state index is 0.462. The van der Waals surface area contributed by atoms with Gasteiger partial charge in [-0.1, -0.05) is 23.7 Å². The molecule has 0 amide bonds. The maximum absolute atomic E-state index is 10.4. The van der Waals surface area contributed by atoms with Crippen molar-refractivity contribution < 1.29 is 5.21 Å². The molecule has 1 aromatic carbocycles. The van der Waals surface area contributed by atoms with Crippen molar-refractivity contribution in [1.29, 1.82) is 0 Å². The molecule has 5 heteroatoms. The molecule has 0 aliphatic carbocycles. The molecule has 0 saturated heterocycles. The van der Waals surface area contributed by atoms with Gasteiger partial charge in [0.15, 0.2) is 5.82 Å². The Kier molecular flexibility index (Phi) is 3.16. The number of rotatable bonds is 2. The molecule has 0 spiro atoms. The molecule has 0 aliphatic rings. The van der Waals surface area contributed by atoms with E-state index in [0.717, 1.165) is 21.6 Å². The van der Waals surface area contributed by atoms with Crippen LogP contribution in [0.15, 0.2) is 48.8 Å². The Bertz CT molecular complexity index is 753. The van der Waals surface area contributed by atoms with Crippen LogP contribution < -0.4 is 0 Å². The molecule has 3 aromatic rings. The van der Waals surface area contributed by atoms with Crippen molar-refractivity contribution >= 4 is 11.6 Å². The predicted molar refractivity (Wildman–Crippen MR) is 77.8 cm³/mol. The van der Waals surface area contributed by atoms with Crippen LogP contribution in [0.2, 0.25) is 5.02 Å². The topological polar surface area (TPSA) is 50.9 Å². The fourth-order valence-corrected chi connectivity index (χ4v) is 2.36. The molecule has 2 heterocycles. The monoisotopic (exact) mass is 285 g/mol. The van der Waals surface area contributed by atoms with Crippen LogP contribution in [-0.4, -0.2) is 19.9 Å². The van der Waals surface area contributed by atoms with Crippen LogP contribution in [0.4, 0.5) is 0 Å². The van der Waals surface area contributed by atoms with Gasteiger partial charge in [0, 0.05) is 28.5 Å². The molecule has 0 radical (unpaired) electrons. The average molecular weight is 286 g/mol. The molecular formula is C15H12ClN3O. The Balaban J connectivity index is 2.17. The Labute approximate surface area is 121 Å². The summed E-state index contributed by atoms with van der Waals surface area (Å²) < 4.78 is 1.08. The number of hydrogen-bond donors (Lipinski definition) is 1. The Hall–Kier alpha value is -2.33. The summed E-state index contributed by atoms with van der Waals surface area (Å²) in [5.74, 6) is 0.462. The SMILES string of the molecule is Cc1nc(-c2cccc(Cl)c2)n(O)c1-c1cccnc1. The normalized spacial score (nSPS) is 10.7. The van der Waals surface area contributed by atoms with Crippen molar-refractivity contribution in [2.75, 3.05) is 0 Å². The first kappa shape index (κ1) is 12.7. The van der Waals surface area contributed by atoms with E-state index in [-0.39, 0.29) is 0 Å². The summed E-state index contributed by atoms with van der Waals surface area (Å²) >= 11 is 5.98. The summed E-state index contributed by atoms with van der Waals surface area (Å²) in [5.41, 5.74) is 2.94. The maximum atomic E-state index is 10.4. The van der Waals surface area contributed by atoms with Gasteiger partial charge in [0.25, 0.3) is 0 Å². The number of hydrogen-bond acceptors (Lipinski definition) is 3. The zero-order chi connectivity index (χ0) is 14.1. The van der Waals surface area contributed by atoms with Gasteiger partial charge < -0.3 is 5.21 Å². The van der Waals surface area contributed by atoms with Crippen molar-refractivity contribution in [3.05, 3.63) is 59.5 Å². The van der Waals surface area contributed by atoms with Crippen LogP contribution in [0.3, 0.4) is 0 Å². The molecule has 100 valence electrons. The van der Waals surface area contributed by atoms with E-state index < -0.39 is 0 Å². The van der Waals surface area contributed by atoms with Crippen LogP contribution >= 0.6 is 11.6 Å². The third kappa shape index (κ3) is 2.14. The van der Waals surface area contributed by atoms with E-state index in [1.165, 1.54) is 0 Å². The molecule has 0 aliphatic heterocycles. The van der Waals surface area contributed by atoms with E-state index in [1.54, 1.807) is 24.5 Å². The van der Waals surface area contributed by atoms with Gasteiger partial charge in [-0.2, -0.15) is 4.73 Å². The van der Waals surface area contributed by atoms with Gasteiger partial charge >= 0.3 is 0 Å². The molecule has 0 fully saturated rings. The van der Waals surface area contributed by atoms with Crippen LogP contribution in [-0.2, 0) is 0 Å². The fourth-order valence-electron chi connectivity index (χ4n) is 2.17. The van der Waals surface area contributed by atoms with Crippen molar-refractivity contribution in [2.45, 2.75) is 6.92 Å². The Morgan fingerprint density at radius 3 is 2.65 bits per heavy atom. The summed E-state index contributed by atoms with van der Waals surface area (Å²) in [5, 5.41) is 11.0. The molecule has 20 heavy (non-hydrogen) atoms. The molecule has 4 nitrogen and oxygen atoms in total. The highest BCUT2D eigenvalue weighted by Gasteiger charge is 2.17. The number of halogens is 1. The predicted octanol–water partition coefficient (Wildman–Crippen LogP) is 3.81. The van der Waals surface area contributed by atoms with Gasteiger partial charge in [-0.05, 0) is 31.2 Å². The second kappa shape index (κ2) is 4.98. The summed E-state index contributed by atoms with van der Waals surface area (Å²) in [6.07, 6.45) is 3.38. The molecule has 3 rings (SSSR count). The van der Waals surface area contributed by atoms with E-state index in [0.29, 0.717) is 16.5 Å². The highest BCUT2D eigenvalue weighted by molar-refractivity contribution is 6.30. The van der Waals surface area contributed by atoms with Crippen LogP contribution in [0, 0.1) is 6.92 Å². The number of aryl methyl sites for hydroxylation is 1. The largest absolute Gasteiger partial charge is 0.426 e. The third-order valence-electron chi connectivity index (χ3n) is 3.05. The first-order chi connectivity index (χ1) is 9.66. The zero-order valence-corrected chi connectivity index (χ0v) is 11.5. The van der Waals surface area contributed by atoms with Crippen LogP contribution in [0.25, 0.3) is 22.6 Å². The van der Waals surface area contributed by atoms with Crippen molar-refractivity contribution in [3.8, 4) is 22.6 Å². The van der Waals surface area contributed by atoms with Crippen LogP contribution in [0.5, 0.6) is 0 Å². The van der Waals surface area contributed by atoms with Gasteiger partial charge in [-0.3, -0.25) is 4.98 Å². The van der Waals surface area contributed by atoms with Crippen molar-refractivity contribution in [2.24, 2.45) is 0 Å². The minimum atomic E-state index is 0.462. The molecule has 0 bridgehead atoms.